The van der Waals surface area contributed by atoms with Gasteiger partial charge in [-0.05, 0) is 59.4 Å². The average Bonchev–Trinajstić information content (AvgIpc) is 3.30. The third-order valence-electron chi connectivity index (χ3n) is 9.45. The summed E-state index contributed by atoms with van der Waals surface area (Å²) in [6.07, 6.45) is 1.77. The van der Waals surface area contributed by atoms with Crippen LogP contribution in [0.2, 0.25) is 0 Å². The fourth-order valence-electron chi connectivity index (χ4n) is 7.21. The van der Waals surface area contributed by atoms with Crippen LogP contribution in [0.4, 0.5) is 0 Å². The average molecular weight is 597 g/mol. The lowest BCUT2D eigenvalue weighted by Gasteiger charge is -2.47. The molecule has 0 fully saturated rings. The molecule has 224 valence electrons. The minimum Gasteiger partial charge on any atom is -0.461 e. The van der Waals surface area contributed by atoms with Crippen molar-refractivity contribution in [3.8, 4) is 5.75 Å². The lowest BCUT2D eigenvalue weighted by Crippen LogP contribution is -2.51. The fraction of sp³-hybridized carbons (Fsp3) is 0.237. The number of carbonyl (C=O) groups is 2. The van der Waals surface area contributed by atoms with E-state index in [0.29, 0.717) is 61.2 Å². The van der Waals surface area contributed by atoms with Gasteiger partial charge < -0.3 is 14.0 Å². The molecule has 0 saturated carbocycles. The van der Waals surface area contributed by atoms with E-state index in [-0.39, 0.29) is 17.4 Å². The van der Waals surface area contributed by atoms with Gasteiger partial charge in [-0.3, -0.25) is 19.3 Å². The van der Waals surface area contributed by atoms with Crippen LogP contribution in [0.3, 0.4) is 0 Å². The third kappa shape index (κ3) is 4.49. The molecule has 1 aromatic heterocycles. The minimum atomic E-state index is -0.985. The molecule has 0 spiro atoms. The Morgan fingerprint density at radius 3 is 2.31 bits per heavy atom. The number of unbranched alkanes of at least 4 members (excludes halogenated alkanes) is 1. The van der Waals surface area contributed by atoms with Crippen LogP contribution in [0.5, 0.6) is 5.75 Å². The van der Waals surface area contributed by atoms with E-state index < -0.39 is 11.9 Å². The Morgan fingerprint density at radius 2 is 1.53 bits per heavy atom. The van der Waals surface area contributed by atoms with E-state index in [1.165, 1.54) is 4.90 Å². The number of pyridine rings is 1. The van der Waals surface area contributed by atoms with Crippen LogP contribution in [0.25, 0.3) is 10.8 Å². The van der Waals surface area contributed by atoms with Gasteiger partial charge in [0.15, 0.2) is 0 Å². The molecule has 5 aromatic rings. The molecule has 3 aliphatic rings. The summed E-state index contributed by atoms with van der Waals surface area (Å²) in [4.78, 5) is 41.4. The van der Waals surface area contributed by atoms with E-state index in [0.717, 1.165) is 33.2 Å². The van der Waals surface area contributed by atoms with Crippen LogP contribution >= 0.6 is 0 Å². The van der Waals surface area contributed by atoms with Gasteiger partial charge in [0.25, 0.3) is 17.4 Å². The second-order valence-corrected chi connectivity index (χ2v) is 12.2. The lowest BCUT2D eigenvalue weighted by atomic mass is 9.83. The van der Waals surface area contributed by atoms with Crippen LogP contribution in [0.15, 0.2) is 102 Å². The second kappa shape index (κ2) is 10.6. The van der Waals surface area contributed by atoms with E-state index in [9.17, 15) is 14.4 Å². The standard InChI is InChI=1S/C38H32N2O5/c1-24-21-32-33(37(43)40(24)23-25-11-3-2-4-12-25)34-28-18-17-26-13-5-6-14-27(26)31(28)22-38(44-32,45-34)19-9-10-20-39-35(41)29-15-7-8-16-30(29)36(39)42/h2-8,11-18,21,34H,9-10,19-20,22-23H2,1H3/t34-,38+/m0/s1. The van der Waals surface area contributed by atoms with Crippen molar-refractivity contribution in [2.75, 3.05) is 6.54 Å². The summed E-state index contributed by atoms with van der Waals surface area (Å²) in [6, 6.07) is 31.4. The zero-order valence-corrected chi connectivity index (χ0v) is 25.0. The van der Waals surface area contributed by atoms with Gasteiger partial charge in [-0.1, -0.05) is 78.9 Å². The zero-order chi connectivity index (χ0) is 30.7. The van der Waals surface area contributed by atoms with Crippen molar-refractivity contribution < 1.29 is 19.1 Å². The predicted molar refractivity (Wildman–Crippen MR) is 171 cm³/mol. The molecule has 2 bridgehead atoms. The summed E-state index contributed by atoms with van der Waals surface area (Å²) in [5.41, 5.74) is 5.32. The summed E-state index contributed by atoms with van der Waals surface area (Å²) in [7, 11) is 0. The Kier molecular flexibility index (Phi) is 6.46. The highest BCUT2D eigenvalue weighted by Gasteiger charge is 2.49. The largest absolute Gasteiger partial charge is 0.461 e. The Labute approximate surface area is 260 Å². The van der Waals surface area contributed by atoms with Gasteiger partial charge in [0.2, 0.25) is 5.79 Å². The van der Waals surface area contributed by atoms with Crippen molar-refractivity contribution in [3.63, 3.8) is 0 Å². The van der Waals surface area contributed by atoms with E-state index in [4.69, 9.17) is 9.47 Å². The van der Waals surface area contributed by atoms with Crippen LogP contribution in [-0.4, -0.2) is 33.6 Å². The number of rotatable bonds is 7. The van der Waals surface area contributed by atoms with Crippen molar-refractivity contribution in [2.45, 2.75) is 51.0 Å². The summed E-state index contributed by atoms with van der Waals surface area (Å²) >= 11 is 0. The summed E-state index contributed by atoms with van der Waals surface area (Å²) in [5, 5.41) is 2.25. The van der Waals surface area contributed by atoms with Crippen molar-refractivity contribution in [2.24, 2.45) is 0 Å². The first-order valence-electron chi connectivity index (χ1n) is 15.5. The maximum Gasteiger partial charge on any atom is 0.261 e. The number of imide groups is 1. The van der Waals surface area contributed by atoms with Crippen molar-refractivity contribution in [3.05, 3.63) is 146 Å². The van der Waals surface area contributed by atoms with E-state index in [1.807, 2.05) is 55.5 Å². The number of amides is 2. The smallest absolute Gasteiger partial charge is 0.261 e. The number of aromatic nitrogens is 1. The number of nitrogens with zero attached hydrogens (tertiary/aromatic N) is 2. The molecule has 4 aromatic carbocycles. The normalized spacial score (nSPS) is 19.7. The molecule has 2 amide bonds. The highest BCUT2D eigenvalue weighted by atomic mass is 16.7. The molecule has 0 aliphatic carbocycles. The number of aryl methyl sites for hydroxylation is 1. The molecule has 8 rings (SSSR count). The quantitative estimate of drug-likeness (QED) is 0.157. The zero-order valence-electron chi connectivity index (χ0n) is 25.0. The Hall–Kier alpha value is -5.01. The van der Waals surface area contributed by atoms with Crippen LogP contribution in [-0.2, 0) is 17.7 Å². The molecule has 3 aliphatic heterocycles. The molecule has 2 atom stereocenters. The van der Waals surface area contributed by atoms with Crippen LogP contribution in [0, 0.1) is 6.92 Å². The molecular formula is C38H32N2O5. The first-order chi connectivity index (χ1) is 21.9. The van der Waals surface area contributed by atoms with Gasteiger partial charge in [-0.15, -0.1) is 0 Å². The fourth-order valence-corrected chi connectivity index (χ4v) is 7.21. The molecule has 4 heterocycles. The number of hydrogen-bond acceptors (Lipinski definition) is 5. The van der Waals surface area contributed by atoms with Gasteiger partial charge in [0.05, 0.1) is 23.2 Å². The van der Waals surface area contributed by atoms with E-state index in [1.54, 1.807) is 28.8 Å². The van der Waals surface area contributed by atoms with Crippen molar-refractivity contribution in [1.82, 2.24) is 9.47 Å². The van der Waals surface area contributed by atoms with Gasteiger partial charge in [-0.25, -0.2) is 0 Å². The first-order valence-corrected chi connectivity index (χ1v) is 15.5. The molecule has 45 heavy (non-hydrogen) atoms. The third-order valence-corrected chi connectivity index (χ3v) is 9.45. The number of ether oxygens (including phenoxy) is 2. The van der Waals surface area contributed by atoms with Crippen LogP contribution in [0.1, 0.15) is 74.0 Å². The molecule has 7 heteroatoms. The maximum atomic E-state index is 14.2. The molecule has 7 nitrogen and oxygen atoms in total. The predicted octanol–water partition coefficient (Wildman–Crippen LogP) is 6.58. The van der Waals surface area contributed by atoms with Gasteiger partial charge in [-0.2, -0.15) is 0 Å². The number of benzene rings is 4. The van der Waals surface area contributed by atoms with Gasteiger partial charge >= 0.3 is 0 Å². The topological polar surface area (TPSA) is 77.8 Å². The number of fused-ring (bicyclic) bond motifs is 9. The Morgan fingerprint density at radius 1 is 0.822 bits per heavy atom. The number of hydrogen-bond donors (Lipinski definition) is 0. The van der Waals surface area contributed by atoms with Crippen molar-refractivity contribution >= 4 is 22.6 Å². The highest BCUT2D eigenvalue weighted by molar-refractivity contribution is 6.21. The summed E-state index contributed by atoms with van der Waals surface area (Å²) in [5.74, 6) is -0.903. The van der Waals surface area contributed by atoms with Crippen LogP contribution < -0.4 is 10.3 Å². The van der Waals surface area contributed by atoms with Gasteiger partial charge in [0, 0.05) is 31.1 Å². The van der Waals surface area contributed by atoms with Gasteiger partial charge in [0.1, 0.15) is 11.9 Å². The van der Waals surface area contributed by atoms with Crippen molar-refractivity contribution in [1.29, 1.82) is 0 Å². The second-order valence-electron chi connectivity index (χ2n) is 12.2. The first kappa shape index (κ1) is 27.5. The lowest BCUT2D eigenvalue weighted by molar-refractivity contribution is -0.232. The summed E-state index contributed by atoms with van der Waals surface area (Å²) < 4.78 is 15.4. The Balaban J connectivity index is 1.13. The molecular weight excluding hydrogens is 564 g/mol. The molecule has 0 unspecified atom stereocenters. The minimum absolute atomic E-state index is 0.112. The van der Waals surface area contributed by atoms with E-state index >= 15 is 0 Å². The molecule has 0 saturated heterocycles. The maximum absolute atomic E-state index is 14.2. The van der Waals surface area contributed by atoms with E-state index in [2.05, 4.69) is 24.3 Å². The SMILES string of the molecule is Cc1cc2c(c(=O)n1Cc1ccccc1)[C@H]1O[C@](CCCCN3C(=O)c4ccccc4C3=O)(Cc3c1ccc1ccccc31)O2. The molecule has 0 radical (unpaired) electrons. The Bertz CT molecular complexity index is 2030. The summed E-state index contributed by atoms with van der Waals surface area (Å²) in [6.45, 7) is 2.72. The monoisotopic (exact) mass is 596 g/mol. The number of carbonyl (C=O) groups excluding carboxylic acids is 2. The highest BCUT2D eigenvalue weighted by Crippen LogP contribution is 2.50. The molecule has 0 N–H and O–H groups in total.